The molecule has 1 aromatic rings. The van der Waals surface area contributed by atoms with E-state index in [0.29, 0.717) is 23.0 Å². The summed E-state index contributed by atoms with van der Waals surface area (Å²) in [4.78, 5) is 24.8. The molecule has 0 spiro atoms. The fourth-order valence-electron chi connectivity index (χ4n) is 2.35. The maximum absolute atomic E-state index is 12.0. The first-order valence-corrected chi connectivity index (χ1v) is 7.98. The summed E-state index contributed by atoms with van der Waals surface area (Å²) in [5.41, 5.74) is 0.921. The van der Waals surface area contributed by atoms with Gasteiger partial charge in [-0.1, -0.05) is 41.4 Å². The first-order valence-electron chi connectivity index (χ1n) is 7.22. The molecule has 1 saturated heterocycles. The monoisotopic (exact) mass is 356 g/mol. The molecule has 0 aliphatic carbocycles. The highest BCUT2D eigenvalue weighted by molar-refractivity contribution is 6.42. The van der Waals surface area contributed by atoms with Crippen molar-refractivity contribution in [3.8, 4) is 0 Å². The molecule has 1 aliphatic heterocycles. The van der Waals surface area contributed by atoms with Gasteiger partial charge in [-0.3, -0.25) is 9.59 Å². The molecule has 0 saturated carbocycles. The third-order valence-electron chi connectivity index (χ3n) is 3.68. The van der Waals surface area contributed by atoms with E-state index in [1.165, 1.54) is 4.90 Å². The summed E-state index contributed by atoms with van der Waals surface area (Å²) < 4.78 is 0. The second-order valence-electron chi connectivity index (χ2n) is 5.43. The number of rotatable bonds is 5. The van der Waals surface area contributed by atoms with Gasteiger partial charge < -0.3 is 15.3 Å². The standard InChI is InChI=1S/C16H18Cl2N2O3/c1-20-9-11(14(21)16(20)23)15(22)19-7-3-2-4-10-5-6-12(17)13(18)8-10/h2,4-6,8,11,14,21H,3,7,9H2,1H3,(H,19,22)/b4-2+. The Balaban J connectivity index is 1.77. The number of hydrogen-bond donors (Lipinski definition) is 2. The van der Waals surface area contributed by atoms with Crippen molar-refractivity contribution < 1.29 is 14.7 Å². The van der Waals surface area contributed by atoms with Crippen molar-refractivity contribution in [1.29, 1.82) is 0 Å². The molecular weight excluding hydrogens is 339 g/mol. The molecule has 1 fully saturated rings. The number of halogens is 2. The molecule has 124 valence electrons. The summed E-state index contributed by atoms with van der Waals surface area (Å²) in [6.07, 6.45) is 3.17. The molecule has 1 aromatic carbocycles. The number of carbonyl (C=O) groups excluding carboxylic acids is 2. The molecule has 2 amide bonds. The highest BCUT2D eigenvalue weighted by Crippen LogP contribution is 2.23. The smallest absolute Gasteiger partial charge is 0.252 e. The fourth-order valence-corrected chi connectivity index (χ4v) is 2.66. The van der Waals surface area contributed by atoms with Crippen molar-refractivity contribution in [2.45, 2.75) is 12.5 Å². The second-order valence-corrected chi connectivity index (χ2v) is 6.24. The Kier molecular flexibility index (Phi) is 6.04. The average Bonchev–Trinajstić information content (AvgIpc) is 2.78. The van der Waals surface area contributed by atoms with Crippen molar-refractivity contribution in [2.75, 3.05) is 20.1 Å². The Labute approximate surface area is 144 Å². The van der Waals surface area contributed by atoms with Crippen LogP contribution in [0.1, 0.15) is 12.0 Å². The molecule has 5 nitrogen and oxygen atoms in total. The molecule has 2 N–H and O–H groups in total. The Morgan fingerprint density at radius 2 is 2.17 bits per heavy atom. The number of likely N-dealkylation sites (tertiary alicyclic amines) is 1. The average molecular weight is 357 g/mol. The third kappa shape index (κ3) is 4.47. The molecular formula is C16H18Cl2N2O3. The predicted octanol–water partition coefficient (Wildman–Crippen LogP) is 1.96. The van der Waals surface area contributed by atoms with Crippen molar-refractivity contribution in [3.63, 3.8) is 0 Å². The van der Waals surface area contributed by atoms with Crippen LogP contribution in [0.15, 0.2) is 24.3 Å². The predicted molar refractivity (Wildman–Crippen MR) is 90.3 cm³/mol. The number of nitrogens with zero attached hydrogens (tertiary/aromatic N) is 1. The summed E-state index contributed by atoms with van der Waals surface area (Å²) >= 11 is 11.8. The summed E-state index contributed by atoms with van der Waals surface area (Å²) in [5, 5.41) is 13.4. The topological polar surface area (TPSA) is 69.6 Å². The van der Waals surface area contributed by atoms with E-state index >= 15 is 0 Å². The number of likely N-dealkylation sites (N-methyl/N-ethyl adjacent to an activating group) is 1. The van der Waals surface area contributed by atoms with Crippen molar-refractivity contribution in [1.82, 2.24) is 10.2 Å². The largest absolute Gasteiger partial charge is 0.382 e. The van der Waals surface area contributed by atoms with Gasteiger partial charge in [0.05, 0.1) is 16.0 Å². The number of hydrogen-bond acceptors (Lipinski definition) is 3. The second kappa shape index (κ2) is 7.81. The summed E-state index contributed by atoms with van der Waals surface area (Å²) in [5.74, 6) is -1.42. The number of nitrogens with one attached hydrogen (secondary N) is 1. The van der Waals surface area contributed by atoms with Crippen LogP contribution in [0, 0.1) is 5.92 Å². The van der Waals surface area contributed by atoms with Crippen LogP contribution >= 0.6 is 23.2 Å². The number of carbonyl (C=O) groups is 2. The highest BCUT2D eigenvalue weighted by atomic mass is 35.5. The first-order chi connectivity index (χ1) is 10.9. The molecule has 2 rings (SSSR count). The van der Waals surface area contributed by atoms with E-state index in [2.05, 4.69) is 5.32 Å². The SMILES string of the molecule is CN1CC(C(=O)NCC/C=C/c2ccc(Cl)c(Cl)c2)C(O)C1=O. The van der Waals surface area contributed by atoms with Crippen LogP contribution in [0.4, 0.5) is 0 Å². The summed E-state index contributed by atoms with van der Waals surface area (Å²) in [7, 11) is 1.57. The van der Waals surface area contributed by atoms with Crippen molar-refractivity contribution in [3.05, 3.63) is 39.9 Å². The first kappa shape index (κ1) is 17.8. The van der Waals surface area contributed by atoms with E-state index in [4.69, 9.17) is 23.2 Å². The summed E-state index contributed by atoms with van der Waals surface area (Å²) in [6.45, 7) is 0.669. The molecule has 2 unspecified atom stereocenters. The quantitative estimate of drug-likeness (QED) is 0.792. The fraction of sp³-hybridized carbons (Fsp3) is 0.375. The lowest BCUT2D eigenvalue weighted by atomic mass is 10.1. The molecule has 0 bridgehead atoms. The minimum atomic E-state index is -1.24. The van der Waals surface area contributed by atoms with E-state index in [-0.39, 0.29) is 12.5 Å². The minimum Gasteiger partial charge on any atom is -0.382 e. The molecule has 23 heavy (non-hydrogen) atoms. The van der Waals surface area contributed by atoms with Gasteiger partial charge >= 0.3 is 0 Å². The van der Waals surface area contributed by atoms with Crippen LogP contribution in [-0.4, -0.2) is 48.1 Å². The Morgan fingerprint density at radius 1 is 1.43 bits per heavy atom. The maximum atomic E-state index is 12.0. The number of amides is 2. The van der Waals surface area contributed by atoms with E-state index in [1.807, 2.05) is 18.2 Å². The van der Waals surface area contributed by atoms with Gasteiger partial charge in [0.25, 0.3) is 5.91 Å². The van der Waals surface area contributed by atoms with E-state index in [0.717, 1.165) is 5.56 Å². The normalized spacial score (nSPS) is 21.2. The van der Waals surface area contributed by atoms with Crippen LogP contribution in [0.2, 0.25) is 10.0 Å². The minimum absolute atomic E-state index is 0.241. The molecule has 1 heterocycles. The number of aliphatic hydroxyl groups excluding tert-OH is 1. The number of benzene rings is 1. The zero-order chi connectivity index (χ0) is 17.0. The zero-order valence-electron chi connectivity index (χ0n) is 12.6. The van der Waals surface area contributed by atoms with Gasteiger partial charge in [0, 0.05) is 20.1 Å². The van der Waals surface area contributed by atoms with Crippen LogP contribution in [0.3, 0.4) is 0 Å². The summed E-state index contributed by atoms with van der Waals surface area (Å²) in [6, 6.07) is 5.33. The Hall–Kier alpha value is -1.56. The highest BCUT2D eigenvalue weighted by Gasteiger charge is 2.41. The lowest BCUT2D eigenvalue weighted by Crippen LogP contribution is -2.38. The molecule has 1 aliphatic rings. The van der Waals surface area contributed by atoms with Crippen LogP contribution < -0.4 is 5.32 Å². The van der Waals surface area contributed by atoms with Gasteiger partial charge in [-0.25, -0.2) is 0 Å². The van der Waals surface area contributed by atoms with Gasteiger partial charge in [0.1, 0.15) is 6.10 Å². The van der Waals surface area contributed by atoms with Crippen LogP contribution in [0.5, 0.6) is 0 Å². The van der Waals surface area contributed by atoms with Crippen LogP contribution in [0.25, 0.3) is 6.08 Å². The Morgan fingerprint density at radius 3 is 2.78 bits per heavy atom. The van der Waals surface area contributed by atoms with Gasteiger partial charge in [0.2, 0.25) is 5.91 Å². The third-order valence-corrected chi connectivity index (χ3v) is 4.42. The Bertz CT molecular complexity index is 634. The maximum Gasteiger partial charge on any atom is 0.252 e. The van der Waals surface area contributed by atoms with Gasteiger partial charge in [-0.15, -0.1) is 0 Å². The molecule has 7 heteroatoms. The zero-order valence-corrected chi connectivity index (χ0v) is 14.1. The van der Waals surface area contributed by atoms with Crippen LogP contribution in [-0.2, 0) is 9.59 Å². The van der Waals surface area contributed by atoms with Gasteiger partial charge in [0.15, 0.2) is 0 Å². The lowest BCUT2D eigenvalue weighted by molar-refractivity contribution is -0.137. The molecule has 2 atom stereocenters. The van der Waals surface area contributed by atoms with Gasteiger partial charge in [-0.05, 0) is 24.1 Å². The number of aliphatic hydroxyl groups is 1. The van der Waals surface area contributed by atoms with E-state index in [9.17, 15) is 14.7 Å². The molecule has 0 radical (unpaired) electrons. The molecule has 0 aromatic heterocycles. The van der Waals surface area contributed by atoms with Gasteiger partial charge in [-0.2, -0.15) is 0 Å². The van der Waals surface area contributed by atoms with E-state index < -0.39 is 17.9 Å². The van der Waals surface area contributed by atoms with E-state index in [1.54, 1.807) is 19.2 Å². The van der Waals surface area contributed by atoms with Crippen molar-refractivity contribution in [2.24, 2.45) is 5.92 Å². The lowest BCUT2D eigenvalue weighted by Gasteiger charge is -2.11. The van der Waals surface area contributed by atoms with Crippen molar-refractivity contribution >= 4 is 41.1 Å².